The van der Waals surface area contributed by atoms with Gasteiger partial charge in [-0.05, 0) is 30.7 Å². The first kappa shape index (κ1) is 19.6. The van der Waals surface area contributed by atoms with E-state index in [1.165, 1.54) is 18.1 Å². The molecule has 1 aromatic carbocycles. The zero-order valence-electron chi connectivity index (χ0n) is 16.4. The summed E-state index contributed by atoms with van der Waals surface area (Å²) in [5.74, 6) is 3.41. The largest absolute Gasteiger partial charge is 0.494 e. The zero-order valence-corrected chi connectivity index (χ0v) is 16.4. The fourth-order valence-electron chi connectivity index (χ4n) is 3.65. The summed E-state index contributed by atoms with van der Waals surface area (Å²) in [5.41, 5.74) is 0.403. The summed E-state index contributed by atoms with van der Waals surface area (Å²) < 4.78 is 19.6. The molecule has 0 spiro atoms. The second-order valence-corrected chi connectivity index (χ2v) is 7.35. The Kier molecular flexibility index (Phi) is 4.74. The molecule has 30 heavy (non-hydrogen) atoms. The Labute approximate surface area is 172 Å². The van der Waals surface area contributed by atoms with Gasteiger partial charge in [0.2, 0.25) is 11.8 Å². The molecular formula is C22H18FN3O4. The van der Waals surface area contributed by atoms with E-state index in [1.54, 1.807) is 24.4 Å². The number of aryl methyl sites for hydroxylation is 1. The number of halogens is 1. The molecule has 3 heterocycles. The highest BCUT2D eigenvalue weighted by molar-refractivity contribution is 6.08. The van der Waals surface area contributed by atoms with Crippen LogP contribution >= 0.6 is 0 Å². The molecule has 0 aliphatic carbocycles. The maximum atomic E-state index is 14.6. The topological polar surface area (TPSA) is 88.6 Å². The highest BCUT2D eigenvalue weighted by atomic mass is 19.1. The number of aromatic nitrogens is 1. The van der Waals surface area contributed by atoms with Crippen LogP contribution in [0.25, 0.3) is 0 Å². The zero-order chi connectivity index (χ0) is 21.5. The number of hydrogen-bond acceptors (Lipinski definition) is 5. The van der Waals surface area contributed by atoms with Gasteiger partial charge in [0.05, 0.1) is 19.1 Å². The van der Waals surface area contributed by atoms with Crippen molar-refractivity contribution < 1.29 is 23.5 Å². The van der Waals surface area contributed by atoms with E-state index in [0.29, 0.717) is 11.1 Å². The molecule has 0 bridgehead atoms. The molecule has 2 aliphatic rings. The van der Waals surface area contributed by atoms with Gasteiger partial charge < -0.3 is 9.64 Å². The maximum Gasteiger partial charge on any atom is 0.257 e. The van der Waals surface area contributed by atoms with Crippen LogP contribution < -0.4 is 10.1 Å². The third kappa shape index (κ3) is 3.28. The quantitative estimate of drug-likeness (QED) is 0.617. The van der Waals surface area contributed by atoms with Crippen LogP contribution in [0.2, 0.25) is 0 Å². The first-order valence-corrected chi connectivity index (χ1v) is 9.28. The summed E-state index contributed by atoms with van der Waals surface area (Å²) in [6.45, 7) is 1.82. The third-order valence-electron chi connectivity index (χ3n) is 5.24. The summed E-state index contributed by atoms with van der Waals surface area (Å²) in [6.07, 6.45) is 1.40. The van der Waals surface area contributed by atoms with Crippen LogP contribution in [0, 0.1) is 30.0 Å². The molecule has 0 unspecified atom stereocenters. The summed E-state index contributed by atoms with van der Waals surface area (Å²) in [7, 11) is 1.32. The van der Waals surface area contributed by atoms with E-state index in [9.17, 15) is 18.8 Å². The minimum atomic E-state index is -1.42. The Hall–Kier alpha value is -3.73. The number of benzene rings is 1. The molecular weight excluding hydrogens is 389 g/mol. The SMILES string of the molecule is COc1ccc2c(c1F)C(=O)N(C[C@@]1(C#Cc3ccc(C)nc3)CC(=O)NC1=O)C2. The molecule has 1 fully saturated rings. The molecule has 1 saturated heterocycles. The van der Waals surface area contributed by atoms with Crippen LogP contribution in [0.15, 0.2) is 30.5 Å². The van der Waals surface area contributed by atoms with Crippen LogP contribution in [0.5, 0.6) is 5.75 Å². The number of ether oxygens (including phenoxy) is 1. The molecule has 3 amide bonds. The van der Waals surface area contributed by atoms with E-state index in [4.69, 9.17) is 4.74 Å². The number of pyridine rings is 1. The minimum absolute atomic E-state index is 0.0286. The normalized spacial score (nSPS) is 20.0. The first-order chi connectivity index (χ1) is 14.3. The van der Waals surface area contributed by atoms with E-state index in [1.807, 2.05) is 6.92 Å². The third-order valence-corrected chi connectivity index (χ3v) is 5.24. The van der Waals surface area contributed by atoms with E-state index in [2.05, 4.69) is 22.1 Å². The number of carbonyl (C=O) groups is 3. The number of carbonyl (C=O) groups excluding carboxylic acids is 3. The van der Waals surface area contributed by atoms with Crippen molar-refractivity contribution >= 4 is 17.7 Å². The van der Waals surface area contributed by atoms with Crippen LogP contribution in [0.4, 0.5) is 4.39 Å². The van der Waals surface area contributed by atoms with Crippen LogP contribution in [0.3, 0.4) is 0 Å². The van der Waals surface area contributed by atoms with E-state index < -0.39 is 29.0 Å². The van der Waals surface area contributed by atoms with Gasteiger partial charge in [0.15, 0.2) is 11.6 Å². The number of imide groups is 1. The first-order valence-electron chi connectivity index (χ1n) is 9.28. The molecule has 4 rings (SSSR count). The van der Waals surface area contributed by atoms with Crippen LogP contribution in [0.1, 0.15) is 33.6 Å². The molecule has 1 aromatic heterocycles. The Morgan fingerprint density at radius 2 is 2.07 bits per heavy atom. The van der Waals surface area contributed by atoms with Gasteiger partial charge in [0.1, 0.15) is 5.41 Å². The Bertz CT molecular complexity index is 1130. The molecule has 2 aliphatic heterocycles. The number of methoxy groups -OCH3 is 1. The lowest BCUT2D eigenvalue weighted by molar-refractivity contribution is -0.127. The number of nitrogens with one attached hydrogen (secondary N) is 1. The van der Waals surface area contributed by atoms with Gasteiger partial charge >= 0.3 is 0 Å². The monoisotopic (exact) mass is 407 g/mol. The van der Waals surface area contributed by atoms with Crippen LogP contribution in [-0.2, 0) is 16.1 Å². The fourth-order valence-corrected chi connectivity index (χ4v) is 3.65. The molecule has 2 aromatic rings. The Morgan fingerprint density at radius 3 is 2.70 bits per heavy atom. The molecule has 1 atom stereocenters. The van der Waals surface area contributed by atoms with Gasteiger partial charge in [-0.15, -0.1) is 0 Å². The maximum absolute atomic E-state index is 14.6. The number of fused-ring (bicyclic) bond motifs is 1. The Morgan fingerprint density at radius 1 is 1.27 bits per heavy atom. The van der Waals surface area contributed by atoms with E-state index in [0.717, 1.165) is 5.69 Å². The van der Waals surface area contributed by atoms with Gasteiger partial charge in [-0.2, -0.15) is 0 Å². The summed E-state index contributed by atoms with van der Waals surface area (Å²) >= 11 is 0. The average molecular weight is 407 g/mol. The highest BCUT2D eigenvalue weighted by Gasteiger charge is 2.49. The molecule has 1 N–H and O–H groups in total. The fraction of sp³-hybridized carbons (Fsp3) is 0.273. The lowest BCUT2D eigenvalue weighted by Gasteiger charge is -2.25. The van der Waals surface area contributed by atoms with Crippen LogP contribution in [-0.4, -0.2) is 41.3 Å². The van der Waals surface area contributed by atoms with Crippen molar-refractivity contribution in [1.29, 1.82) is 0 Å². The molecule has 0 saturated carbocycles. The lowest BCUT2D eigenvalue weighted by Crippen LogP contribution is -2.42. The predicted molar refractivity (Wildman–Crippen MR) is 104 cm³/mol. The van der Waals surface area contributed by atoms with Crippen molar-refractivity contribution in [1.82, 2.24) is 15.2 Å². The van der Waals surface area contributed by atoms with E-state index >= 15 is 0 Å². The number of amides is 3. The number of rotatable bonds is 3. The predicted octanol–water partition coefficient (Wildman–Crippen LogP) is 1.58. The lowest BCUT2D eigenvalue weighted by atomic mass is 9.85. The molecule has 8 heteroatoms. The minimum Gasteiger partial charge on any atom is -0.494 e. The summed E-state index contributed by atoms with van der Waals surface area (Å²) in [5, 5.41) is 2.26. The van der Waals surface area contributed by atoms with Gasteiger partial charge in [-0.25, -0.2) is 4.39 Å². The van der Waals surface area contributed by atoms with Gasteiger partial charge in [-0.3, -0.25) is 24.7 Å². The van der Waals surface area contributed by atoms with Gasteiger partial charge in [-0.1, -0.05) is 17.9 Å². The standard InChI is InChI=1S/C22H18FN3O4/c1-13-3-4-14(10-24-13)7-8-22(9-17(27)25-21(22)29)12-26-11-15-5-6-16(30-2)19(23)18(15)20(26)28/h3-6,10H,9,11-12H2,1-2H3,(H,25,27,29)/t22-/m1/s1. The molecule has 0 radical (unpaired) electrons. The van der Waals surface area contributed by atoms with Crippen molar-refractivity contribution in [3.63, 3.8) is 0 Å². The van der Waals surface area contributed by atoms with Gasteiger partial charge in [0.25, 0.3) is 5.91 Å². The average Bonchev–Trinajstić information content (AvgIpc) is 3.18. The highest BCUT2D eigenvalue weighted by Crippen LogP contribution is 2.35. The number of hydrogen-bond donors (Lipinski definition) is 1. The second-order valence-electron chi connectivity index (χ2n) is 7.35. The smallest absolute Gasteiger partial charge is 0.257 e. The summed E-state index contributed by atoms with van der Waals surface area (Å²) in [6, 6.07) is 6.62. The number of nitrogens with zero attached hydrogens (tertiary/aromatic N) is 2. The second kappa shape index (κ2) is 7.26. The van der Waals surface area contributed by atoms with Crippen molar-refractivity contribution in [2.24, 2.45) is 5.41 Å². The summed E-state index contributed by atoms with van der Waals surface area (Å²) in [4.78, 5) is 43.0. The van der Waals surface area contributed by atoms with E-state index in [-0.39, 0.29) is 30.8 Å². The molecule has 7 nitrogen and oxygen atoms in total. The van der Waals surface area contributed by atoms with Crippen molar-refractivity contribution in [2.45, 2.75) is 19.9 Å². The van der Waals surface area contributed by atoms with Crippen molar-refractivity contribution in [2.75, 3.05) is 13.7 Å². The van der Waals surface area contributed by atoms with Gasteiger partial charge in [0, 0.05) is 30.5 Å². The Balaban J connectivity index is 1.67. The van der Waals surface area contributed by atoms with Crippen molar-refractivity contribution in [3.05, 3.63) is 58.7 Å². The molecule has 152 valence electrons. The van der Waals surface area contributed by atoms with Crippen molar-refractivity contribution in [3.8, 4) is 17.6 Å².